The Morgan fingerprint density at radius 1 is 1.22 bits per heavy atom. The van der Waals surface area contributed by atoms with Crippen molar-refractivity contribution in [2.24, 2.45) is 5.41 Å². The molecule has 126 valence electrons. The fourth-order valence-electron chi connectivity index (χ4n) is 3.02. The van der Waals surface area contributed by atoms with E-state index in [4.69, 9.17) is 0 Å². The summed E-state index contributed by atoms with van der Waals surface area (Å²) in [7, 11) is 0. The Balaban J connectivity index is 2.06. The summed E-state index contributed by atoms with van der Waals surface area (Å²) in [6.07, 6.45) is 4.97. The molecule has 4 nitrogen and oxygen atoms in total. The molecule has 0 fully saturated rings. The predicted octanol–water partition coefficient (Wildman–Crippen LogP) is 3.19. The van der Waals surface area contributed by atoms with Crippen LogP contribution in [0.5, 0.6) is 0 Å². The topological polar surface area (TPSA) is 65.1 Å². The van der Waals surface area contributed by atoms with Gasteiger partial charge in [-0.15, -0.1) is 0 Å². The third-order valence-electron chi connectivity index (χ3n) is 5.12. The minimum Gasteiger partial charge on any atom is -0.396 e. The monoisotopic (exact) mass is 316 g/mol. The Hall–Kier alpha value is -1.81. The minimum atomic E-state index is -0.203. The second kappa shape index (κ2) is 7.64. The molecule has 1 amide bonds. The van der Waals surface area contributed by atoms with Crippen molar-refractivity contribution in [1.82, 2.24) is 10.3 Å². The number of hydrogen-bond acceptors (Lipinski definition) is 2. The van der Waals surface area contributed by atoms with Crippen LogP contribution in [0.25, 0.3) is 10.9 Å². The molecule has 1 aromatic heterocycles. The Morgan fingerprint density at radius 3 is 2.57 bits per heavy atom. The van der Waals surface area contributed by atoms with E-state index in [0.717, 1.165) is 35.7 Å². The maximum Gasteiger partial charge on any atom is 0.224 e. The third kappa shape index (κ3) is 3.75. The molecule has 23 heavy (non-hydrogen) atoms. The van der Waals surface area contributed by atoms with Gasteiger partial charge < -0.3 is 15.4 Å². The molecule has 3 N–H and O–H groups in total. The zero-order valence-electron chi connectivity index (χ0n) is 14.4. The highest BCUT2D eigenvalue weighted by Gasteiger charge is 2.25. The van der Waals surface area contributed by atoms with Crippen molar-refractivity contribution in [1.29, 1.82) is 0 Å². The molecule has 1 heterocycles. The van der Waals surface area contributed by atoms with Crippen LogP contribution in [0.4, 0.5) is 0 Å². The first-order valence-corrected chi connectivity index (χ1v) is 8.54. The van der Waals surface area contributed by atoms with E-state index in [0.29, 0.717) is 13.0 Å². The molecule has 0 saturated heterocycles. The number of nitrogens with one attached hydrogen (secondary N) is 2. The van der Waals surface area contributed by atoms with Gasteiger partial charge in [-0.25, -0.2) is 0 Å². The van der Waals surface area contributed by atoms with Crippen LogP contribution in [0.3, 0.4) is 0 Å². The Bertz CT molecular complexity index is 648. The Labute approximate surface area is 138 Å². The number of carbonyl (C=O) groups is 1. The highest BCUT2D eigenvalue weighted by Crippen LogP contribution is 2.25. The zero-order chi connectivity index (χ0) is 16.9. The molecule has 0 saturated carbocycles. The molecule has 2 rings (SSSR count). The lowest BCUT2D eigenvalue weighted by Crippen LogP contribution is -2.39. The lowest BCUT2D eigenvalue weighted by molar-refractivity contribution is -0.121. The highest BCUT2D eigenvalue weighted by molar-refractivity contribution is 5.90. The average molecular weight is 316 g/mol. The van der Waals surface area contributed by atoms with E-state index in [1.54, 1.807) is 0 Å². The van der Waals surface area contributed by atoms with E-state index in [1.165, 1.54) is 5.56 Å². The summed E-state index contributed by atoms with van der Waals surface area (Å²) < 4.78 is 0. The molecular weight excluding hydrogens is 288 g/mol. The summed E-state index contributed by atoms with van der Waals surface area (Å²) in [6.45, 7) is 6.87. The number of amides is 1. The highest BCUT2D eigenvalue weighted by atomic mass is 16.3. The quantitative estimate of drug-likeness (QED) is 0.700. The van der Waals surface area contributed by atoms with Gasteiger partial charge in [0.15, 0.2) is 0 Å². The van der Waals surface area contributed by atoms with E-state index in [-0.39, 0.29) is 17.9 Å². The molecule has 0 radical (unpaired) electrons. The largest absolute Gasteiger partial charge is 0.396 e. The molecule has 0 aliphatic heterocycles. The molecule has 4 heteroatoms. The molecule has 0 aliphatic carbocycles. The van der Waals surface area contributed by atoms with Crippen LogP contribution in [0.15, 0.2) is 24.4 Å². The minimum absolute atomic E-state index is 0.00697. The zero-order valence-corrected chi connectivity index (χ0v) is 14.4. The first kappa shape index (κ1) is 17.5. The van der Waals surface area contributed by atoms with E-state index in [9.17, 15) is 9.90 Å². The van der Waals surface area contributed by atoms with Crippen LogP contribution < -0.4 is 5.32 Å². The maximum atomic E-state index is 12.3. The predicted molar refractivity (Wildman–Crippen MR) is 94.5 cm³/mol. The smallest absolute Gasteiger partial charge is 0.224 e. The number of benzene rings is 1. The van der Waals surface area contributed by atoms with Crippen LogP contribution in [-0.2, 0) is 17.6 Å². The van der Waals surface area contributed by atoms with Crippen molar-refractivity contribution < 1.29 is 9.90 Å². The Morgan fingerprint density at radius 2 is 1.96 bits per heavy atom. The third-order valence-corrected chi connectivity index (χ3v) is 5.12. The molecule has 1 aromatic carbocycles. The summed E-state index contributed by atoms with van der Waals surface area (Å²) >= 11 is 0. The lowest BCUT2D eigenvalue weighted by atomic mass is 9.83. The molecule has 0 spiro atoms. The maximum absolute atomic E-state index is 12.3. The van der Waals surface area contributed by atoms with Gasteiger partial charge in [0.1, 0.15) is 0 Å². The summed E-state index contributed by atoms with van der Waals surface area (Å²) in [6, 6.07) is 6.21. The number of aliphatic hydroxyl groups is 1. The normalized spacial score (nSPS) is 11.8. The summed E-state index contributed by atoms with van der Waals surface area (Å²) in [5.74, 6) is 0.00697. The molecule has 0 aliphatic rings. The first-order valence-electron chi connectivity index (χ1n) is 8.54. The van der Waals surface area contributed by atoms with Gasteiger partial charge in [-0.1, -0.05) is 39.0 Å². The van der Waals surface area contributed by atoms with Crippen molar-refractivity contribution in [3.63, 3.8) is 0 Å². The standard InChI is InChI=1S/C19H28N2O2/c1-4-14-8-7-9-16-15(11-20-18(14)16)10-17(23)21-12-19(5-2,6-3)13-22/h7-9,11,20,22H,4-6,10,12-13H2,1-3H3,(H,21,23). The lowest BCUT2D eigenvalue weighted by Gasteiger charge is -2.29. The fourth-order valence-corrected chi connectivity index (χ4v) is 3.02. The molecule has 2 aromatic rings. The number of rotatable bonds is 8. The number of aromatic amines is 1. The van der Waals surface area contributed by atoms with Gasteiger partial charge in [0.2, 0.25) is 5.91 Å². The van der Waals surface area contributed by atoms with Crippen LogP contribution in [0.2, 0.25) is 0 Å². The van der Waals surface area contributed by atoms with Gasteiger partial charge in [0.25, 0.3) is 0 Å². The van der Waals surface area contributed by atoms with Gasteiger partial charge in [-0.05, 0) is 30.4 Å². The van der Waals surface area contributed by atoms with Crippen molar-refractivity contribution in [2.75, 3.05) is 13.2 Å². The fraction of sp³-hybridized carbons (Fsp3) is 0.526. The van der Waals surface area contributed by atoms with Crippen molar-refractivity contribution in [3.05, 3.63) is 35.5 Å². The molecular formula is C19H28N2O2. The number of aryl methyl sites for hydroxylation is 1. The van der Waals surface area contributed by atoms with Gasteiger partial charge in [-0.3, -0.25) is 4.79 Å². The van der Waals surface area contributed by atoms with E-state index >= 15 is 0 Å². The van der Waals surface area contributed by atoms with E-state index in [1.807, 2.05) is 12.3 Å². The number of aliphatic hydroxyl groups excluding tert-OH is 1. The molecule has 0 atom stereocenters. The van der Waals surface area contributed by atoms with Gasteiger partial charge in [0.05, 0.1) is 13.0 Å². The number of hydrogen-bond donors (Lipinski definition) is 3. The van der Waals surface area contributed by atoms with Gasteiger partial charge in [0, 0.05) is 29.1 Å². The van der Waals surface area contributed by atoms with Crippen molar-refractivity contribution in [2.45, 2.75) is 46.5 Å². The number of para-hydroxylation sites is 1. The Kier molecular flexibility index (Phi) is 5.83. The van der Waals surface area contributed by atoms with Gasteiger partial charge in [-0.2, -0.15) is 0 Å². The van der Waals surface area contributed by atoms with E-state index < -0.39 is 0 Å². The van der Waals surface area contributed by atoms with Crippen LogP contribution in [0, 0.1) is 5.41 Å². The molecule has 0 unspecified atom stereocenters. The van der Waals surface area contributed by atoms with Crippen molar-refractivity contribution in [3.8, 4) is 0 Å². The number of carbonyl (C=O) groups excluding carboxylic acids is 1. The summed E-state index contributed by atoms with van der Waals surface area (Å²) in [4.78, 5) is 15.6. The van der Waals surface area contributed by atoms with E-state index in [2.05, 4.69) is 43.2 Å². The van der Waals surface area contributed by atoms with Gasteiger partial charge >= 0.3 is 0 Å². The summed E-state index contributed by atoms with van der Waals surface area (Å²) in [5, 5.41) is 13.7. The second-order valence-electron chi connectivity index (χ2n) is 6.33. The average Bonchev–Trinajstić information content (AvgIpc) is 2.99. The van der Waals surface area contributed by atoms with Crippen LogP contribution >= 0.6 is 0 Å². The first-order chi connectivity index (χ1) is 11.1. The number of aromatic nitrogens is 1. The second-order valence-corrected chi connectivity index (χ2v) is 6.33. The van der Waals surface area contributed by atoms with Crippen LogP contribution in [-0.4, -0.2) is 29.1 Å². The SMILES string of the molecule is CCc1cccc2c(CC(=O)NCC(CC)(CC)CO)c[nH]c12. The van der Waals surface area contributed by atoms with Crippen molar-refractivity contribution >= 4 is 16.8 Å². The van der Waals surface area contributed by atoms with Crippen LogP contribution in [0.1, 0.15) is 44.7 Å². The number of fused-ring (bicyclic) bond motifs is 1. The summed E-state index contributed by atoms with van der Waals surface area (Å²) in [5.41, 5.74) is 3.22. The molecule has 0 bridgehead atoms. The number of H-pyrrole nitrogens is 1.